The highest BCUT2D eigenvalue weighted by Crippen LogP contribution is 2.75. The van der Waals surface area contributed by atoms with E-state index in [1.807, 2.05) is 6.92 Å². The Hall–Kier alpha value is -1.20. The van der Waals surface area contributed by atoms with Crippen LogP contribution in [0.15, 0.2) is 11.6 Å². The van der Waals surface area contributed by atoms with Gasteiger partial charge in [0.15, 0.2) is 5.78 Å². The van der Waals surface area contributed by atoms with Crippen LogP contribution in [0, 0.1) is 50.2 Å². The van der Waals surface area contributed by atoms with E-state index in [1.54, 1.807) is 0 Å². The maximum Gasteiger partial charge on any atom is 0.372 e. The van der Waals surface area contributed by atoms with Crippen LogP contribution in [-0.4, -0.2) is 23.0 Å². The lowest BCUT2D eigenvalue weighted by Crippen LogP contribution is -2.66. The average molecular weight is 487 g/mol. The topological polar surface area (TPSA) is 91.2 Å². The Labute approximate surface area is 211 Å². The Morgan fingerprint density at radius 3 is 2.29 bits per heavy atom. The molecule has 5 aliphatic rings. The van der Waals surface area contributed by atoms with Crippen LogP contribution >= 0.6 is 0 Å². The normalized spacial score (nSPS) is 52.8. The second-order valence-electron chi connectivity index (χ2n) is 15.1. The first-order valence-electron chi connectivity index (χ1n) is 14.0. The van der Waals surface area contributed by atoms with Crippen LogP contribution < -0.4 is 5.90 Å². The van der Waals surface area contributed by atoms with Crippen LogP contribution in [0.2, 0.25) is 0 Å². The molecule has 0 unspecified atom stereocenters. The Bertz CT molecular complexity index is 987. The third kappa shape index (κ3) is 3.06. The summed E-state index contributed by atoms with van der Waals surface area (Å²) in [7, 11) is 0. The van der Waals surface area contributed by atoms with E-state index < -0.39 is 5.41 Å². The molecule has 0 heterocycles. The number of carbonyl (C=O) groups is 2. The Morgan fingerprint density at radius 2 is 1.63 bits per heavy atom. The highest BCUT2D eigenvalue weighted by molar-refractivity contribution is 5.95. The van der Waals surface area contributed by atoms with E-state index in [0.717, 1.165) is 57.8 Å². The number of hydrogen-bond donors (Lipinski definition) is 2. The minimum Gasteiger partial charge on any atom is -0.393 e. The summed E-state index contributed by atoms with van der Waals surface area (Å²) in [5.41, 5.74) is 0.445. The minimum absolute atomic E-state index is 0.0154. The van der Waals surface area contributed by atoms with Gasteiger partial charge in [-0.3, -0.25) is 9.63 Å². The molecule has 5 rings (SSSR count). The maximum absolute atomic E-state index is 14.3. The molecule has 5 nitrogen and oxygen atoms in total. The van der Waals surface area contributed by atoms with Gasteiger partial charge in [0, 0.05) is 5.92 Å². The SMILES string of the molecule is CC1(C)[C@@H](O)CC[C@]2(C)[C@H]3C(=O)C=C4[C@@H]5C[C@@](C)(C(=O)O[NH3+])CC[C@]5(C)CC[C@@]4(C)[C@]3(C)CC[C@@H]12. The number of rotatable bonds is 1. The fourth-order valence-corrected chi connectivity index (χ4v) is 10.5. The number of ketones is 1. The molecule has 5 aliphatic carbocycles. The van der Waals surface area contributed by atoms with Crippen LogP contribution in [0.3, 0.4) is 0 Å². The van der Waals surface area contributed by atoms with Crippen molar-refractivity contribution in [1.29, 1.82) is 0 Å². The second-order valence-corrected chi connectivity index (χ2v) is 15.1. The first kappa shape index (κ1) is 25.4. The first-order chi connectivity index (χ1) is 16.1. The average Bonchev–Trinajstić information content (AvgIpc) is 2.78. The van der Waals surface area contributed by atoms with Crippen LogP contribution in [-0.2, 0) is 14.4 Å². The molecule has 4 saturated carbocycles. The molecule has 4 fully saturated rings. The van der Waals surface area contributed by atoms with Gasteiger partial charge >= 0.3 is 5.97 Å². The predicted octanol–water partition coefficient (Wildman–Crippen LogP) is 5.03. The van der Waals surface area contributed by atoms with Crippen LogP contribution in [0.4, 0.5) is 0 Å². The molecule has 0 aromatic carbocycles. The van der Waals surface area contributed by atoms with Crippen molar-refractivity contribution in [2.75, 3.05) is 0 Å². The van der Waals surface area contributed by atoms with E-state index in [-0.39, 0.29) is 51.0 Å². The van der Waals surface area contributed by atoms with Gasteiger partial charge in [0.05, 0.1) is 11.5 Å². The summed E-state index contributed by atoms with van der Waals surface area (Å²) in [6.45, 7) is 16.1. The lowest BCUT2D eigenvalue weighted by atomic mass is 9.33. The number of fused-ring (bicyclic) bond motifs is 7. The quantitative estimate of drug-likeness (QED) is 0.509. The van der Waals surface area contributed by atoms with Crippen molar-refractivity contribution < 1.29 is 25.4 Å². The molecule has 5 heteroatoms. The number of allylic oxidation sites excluding steroid dienone is 2. The molecule has 0 aliphatic heterocycles. The lowest BCUT2D eigenvalue weighted by molar-refractivity contribution is -0.659. The third-order valence-electron chi connectivity index (χ3n) is 13.2. The minimum atomic E-state index is -0.543. The number of aliphatic hydroxyl groups excluding tert-OH is 1. The van der Waals surface area contributed by atoms with E-state index in [0.29, 0.717) is 11.7 Å². The zero-order valence-corrected chi connectivity index (χ0v) is 23.1. The Kier molecular flexibility index (Phi) is 5.40. The summed E-state index contributed by atoms with van der Waals surface area (Å²) < 4.78 is 0. The molecule has 9 atom stereocenters. The summed E-state index contributed by atoms with van der Waals surface area (Å²) in [5.74, 6) is 4.06. The van der Waals surface area contributed by atoms with E-state index in [1.165, 1.54) is 5.57 Å². The fourth-order valence-electron chi connectivity index (χ4n) is 10.5. The largest absolute Gasteiger partial charge is 0.393 e. The summed E-state index contributed by atoms with van der Waals surface area (Å²) in [5, 5.41) is 10.9. The highest BCUT2D eigenvalue weighted by atomic mass is 16.7. The zero-order chi connectivity index (χ0) is 25.8. The second kappa shape index (κ2) is 7.43. The fraction of sp³-hybridized carbons (Fsp3) is 0.867. The Balaban J connectivity index is 1.61. The van der Waals surface area contributed by atoms with Gasteiger partial charge in [0.2, 0.25) is 0 Å². The van der Waals surface area contributed by atoms with Gasteiger partial charge in [0.25, 0.3) is 0 Å². The molecule has 0 aromatic heterocycles. The standard InChI is InChI=1S/C30H48NO4/c1-25(2)21-8-11-30(7)23(28(21,5)10-9-22(25)33)20(32)16-18-19-17-27(4,24(34)35-31)13-12-26(19,3)14-15-29(18,30)6/h16,19,21-23,33H,8-15,17H2,1-7,31H3/q+1/t19-,21-,22-,23+,26+,27-,28-,29+,30+/m0/s1. The van der Waals surface area contributed by atoms with Gasteiger partial charge in [-0.2, -0.15) is 5.90 Å². The molecule has 0 radical (unpaired) electrons. The van der Waals surface area contributed by atoms with E-state index in [2.05, 4.69) is 53.5 Å². The maximum atomic E-state index is 14.3. The molecule has 4 N–H and O–H groups in total. The smallest absolute Gasteiger partial charge is 0.372 e. The molecule has 0 amide bonds. The third-order valence-corrected chi connectivity index (χ3v) is 13.2. The molecule has 0 spiro atoms. The molecular formula is C30H48NO4+. The lowest BCUT2D eigenvalue weighted by Gasteiger charge is -2.70. The summed E-state index contributed by atoms with van der Waals surface area (Å²) in [6.07, 6.45) is 10.3. The number of carbonyl (C=O) groups excluding carboxylic acids is 2. The van der Waals surface area contributed by atoms with Crippen molar-refractivity contribution in [2.45, 2.75) is 112 Å². The van der Waals surface area contributed by atoms with Crippen molar-refractivity contribution in [3.05, 3.63) is 11.6 Å². The van der Waals surface area contributed by atoms with Gasteiger partial charge in [-0.15, -0.1) is 0 Å². The van der Waals surface area contributed by atoms with Gasteiger partial charge in [0.1, 0.15) is 0 Å². The molecule has 196 valence electrons. The summed E-state index contributed by atoms with van der Waals surface area (Å²) >= 11 is 0. The van der Waals surface area contributed by atoms with Crippen LogP contribution in [0.5, 0.6) is 0 Å². The first-order valence-corrected chi connectivity index (χ1v) is 14.0. The predicted molar refractivity (Wildman–Crippen MR) is 134 cm³/mol. The Morgan fingerprint density at radius 1 is 0.971 bits per heavy atom. The van der Waals surface area contributed by atoms with Crippen LogP contribution in [0.25, 0.3) is 0 Å². The van der Waals surface area contributed by atoms with Crippen molar-refractivity contribution in [1.82, 2.24) is 0 Å². The molecular weight excluding hydrogens is 438 g/mol. The summed E-state index contributed by atoms with van der Waals surface area (Å²) in [4.78, 5) is 32.0. The van der Waals surface area contributed by atoms with Gasteiger partial charge < -0.3 is 5.11 Å². The van der Waals surface area contributed by atoms with Crippen molar-refractivity contribution in [3.63, 3.8) is 0 Å². The van der Waals surface area contributed by atoms with Crippen molar-refractivity contribution in [2.24, 2.45) is 50.2 Å². The zero-order valence-electron chi connectivity index (χ0n) is 23.1. The molecule has 0 aromatic rings. The number of quaternary nitrogens is 1. The van der Waals surface area contributed by atoms with Gasteiger partial charge in [-0.05, 0) is 110 Å². The monoisotopic (exact) mass is 486 g/mol. The number of aliphatic hydroxyl groups is 1. The summed E-state index contributed by atoms with van der Waals surface area (Å²) in [6, 6.07) is 0. The van der Waals surface area contributed by atoms with E-state index >= 15 is 0 Å². The van der Waals surface area contributed by atoms with Gasteiger partial charge in [-0.1, -0.05) is 47.1 Å². The van der Waals surface area contributed by atoms with Crippen LogP contribution in [0.1, 0.15) is 106 Å². The van der Waals surface area contributed by atoms with Crippen molar-refractivity contribution >= 4 is 11.8 Å². The molecule has 0 saturated heterocycles. The van der Waals surface area contributed by atoms with Gasteiger partial charge in [-0.25, -0.2) is 4.79 Å². The van der Waals surface area contributed by atoms with Crippen molar-refractivity contribution in [3.8, 4) is 0 Å². The molecule has 0 bridgehead atoms. The van der Waals surface area contributed by atoms with E-state index in [4.69, 9.17) is 4.84 Å². The number of hydrogen-bond acceptors (Lipinski definition) is 4. The van der Waals surface area contributed by atoms with E-state index in [9.17, 15) is 14.7 Å². The molecule has 35 heavy (non-hydrogen) atoms. The highest BCUT2D eigenvalue weighted by Gasteiger charge is 2.70.